The van der Waals surface area contributed by atoms with Gasteiger partial charge in [0.15, 0.2) is 5.75 Å². The van der Waals surface area contributed by atoms with Gasteiger partial charge in [-0.05, 0) is 24.6 Å². The lowest BCUT2D eigenvalue weighted by atomic mass is 10.0. The van der Waals surface area contributed by atoms with Gasteiger partial charge in [-0.25, -0.2) is 0 Å². The molecule has 1 unspecified atom stereocenters. The molecule has 24 heavy (non-hydrogen) atoms. The number of rotatable bonds is 2. The third-order valence-corrected chi connectivity index (χ3v) is 4.46. The molecule has 0 spiro atoms. The molecule has 1 atom stereocenters. The third kappa shape index (κ3) is 3.17. The maximum absolute atomic E-state index is 12.6. The summed E-state index contributed by atoms with van der Waals surface area (Å²) in [6.45, 7) is 3.71. The Morgan fingerprint density at radius 1 is 1.17 bits per heavy atom. The van der Waals surface area contributed by atoms with Crippen molar-refractivity contribution in [3.63, 3.8) is 0 Å². The minimum atomic E-state index is -4.34. The molecule has 0 aliphatic carbocycles. The van der Waals surface area contributed by atoms with Crippen molar-refractivity contribution in [1.82, 2.24) is 9.47 Å². The minimum absolute atomic E-state index is 0.0788. The highest BCUT2D eigenvalue weighted by Crippen LogP contribution is 2.31. The monoisotopic (exact) mass is 338 g/mol. The molecule has 0 saturated heterocycles. The van der Waals surface area contributed by atoms with Crippen LogP contribution in [-0.4, -0.2) is 21.1 Å². The van der Waals surface area contributed by atoms with Crippen molar-refractivity contribution < 1.29 is 18.3 Å². The zero-order valence-electron chi connectivity index (χ0n) is 13.0. The van der Waals surface area contributed by atoms with Crippen LogP contribution in [0.5, 0.6) is 5.75 Å². The van der Waals surface area contributed by atoms with E-state index in [-0.39, 0.29) is 11.8 Å². The predicted molar refractivity (Wildman–Crippen MR) is 82.6 cm³/mol. The standard InChI is InChI=1S/C17H17F3N2O2/c1-11(12-2-4-13(5-3-12)17(18,19)20)21-6-7-22-10-16(24)15(23)8-14(22)9-21/h2-5,8,10-11,24H,6-7,9H2,1H3. The smallest absolute Gasteiger partial charge is 0.416 e. The molecule has 128 valence electrons. The quantitative estimate of drug-likeness (QED) is 0.915. The molecule has 0 bridgehead atoms. The summed E-state index contributed by atoms with van der Waals surface area (Å²) in [5, 5.41) is 9.48. The lowest BCUT2D eigenvalue weighted by molar-refractivity contribution is -0.137. The van der Waals surface area contributed by atoms with Crippen LogP contribution in [-0.2, 0) is 19.3 Å². The Bertz CT molecular complexity index is 797. The number of pyridine rings is 1. The van der Waals surface area contributed by atoms with E-state index in [1.54, 1.807) is 0 Å². The van der Waals surface area contributed by atoms with Gasteiger partial charge >= 0.3 is 6.18 Å². The Kier molecular flexibility index (Phi) is 4.13. The van der Waals surface area contributed by atoms with Gasteiger partial charge in [0.2, 0.25) is 5.43 Å². The molecule has 3 rings (SSSR count). The number of hydrogen-bond donors (Lipinski definition) is 1. The number of nitrogens with zero attached hydrogens (tertiary/aromatic N) is 2. The zero-order chi connectivity index (χ0) is 17.5. The number of aromatic hydroxyl groups is 1. The number of halogens is 3. The van der Waals surface area contributed by atoms with Gasteiger partial charge in [0, 0.05) is 37.4 Å². The fourth-order valence-corrected chi connectivity index (χ4v) is 2.96. The van der Waals surface area contributed by atoms with Crippen molar-refractivity contribution in [2.75, 3.05) is 6.54 Å². The normalized spacial score (nSPS) is 16.7. The zero-order valence-corrected chi connectivity index (χ0v) is 13.0. The van der Waals surface area contributed by atoms with Crippen LogP contribution in [0, 0.1) is 0 Å². The summed E-state index contributed by atoms with van der Waals surface area (Å²) < 4.78 is 39.8. The number of fused-ring (bicyclic) bond motifs is 1. The van der Waals surface area contributed by atoms with Crippen LogP contribution in [0.1, 0.15) is 29.8 Å². The lowest BCUT2D eigenvalue weighted by Gasteiger charge is -2.35. The van der Waals surface area contributed by atoms with Gasteiger partial charge in [0.05, 0.1) is 11.8 Å². The topological polar surface area (TPSA) is 45.5 Å². The fraction of sp³-hybridized carbons (Fsp3) is 0.353. The number of benzene rings is 1. The van der Waals surface area contributed by atoms with Gasteiger partial charge in [0.1, 0.15) is 0 Å². The average molecular weight is 338 g/mol. The van der Waals surface area contributed by atoms with Crippen molar-refractivity contribution in [2.45, 2.75) is 32.2 Å². The second kappa shape index (κ2) is 5.98. The molecule has 1 N–H and O–H groups in total. The Hall–Kier alpha value is -2.28. The molecule has 0 fully saturated rings. The first-order valence-electron chi connectivity index (χ1n) is 7.59. The summed E-state index contributed by atoms with van der Waals surface area (Å²) in [6.07, 6.45) is -2.91. The molecule has 1 aliphatic heterocycles. The van der Waals surface area contributed by atoms with E-state index in [1.807, 2.05) is 11.5 Å². The summed E-state index contributed by atoms with van der Waals surface area (Å²) in [5.74, 6) is -0.275. The molecule has 2 aromatic rings. The van der Waals surface area contributed by atoms with E-state index in [1.165, 1.54) is 24.4 Å². The molecule has 1 aromatic carbocycles. The van der Waals surface area contributed by atoms with Gasteiger partial charge in [0.25, 0.3) is 0 Å². The van der Waals surface area contributed by atoms with E-state index in [2.05, 4.69) is 4.90 Å². The van der Waals surface area contributed by atoms with E-state index in [4.69, 9.17) is 0 Å². The SMILES string of the molecule is CC(c1ccc(C(F)(F)F)cc1)N1CCn2cc(O)c(=O)cc2C1. The van der Waals surface area contributed by atoms with Crippen LogP contribution in [0.25, 0.3) is 0 Å². The fourth-order valence-electron chi connectivity index (χ4n) is 2.96. The lowest BCUT2D eigenvalue weighted by Crippen LogP contribution is -2.36. The second-order valence-electron chi connectivity index (χ2n) is 5.97. The van der Waals surface area contributed by atoms with Crippen LogP contribution < -0.4 is 5.43 Å². The Morgan fingerprint density at radius 2 is 1.83 bits per heavy atom. The summed E-state index contributed by atoms with van der Waals surface area (Å²) in [7, 11) is 0. The second-order valence-corrected chi connectivity index (χ2v) is 5.97. The summed E-state index contributed by atoms with van der Waals surface area (Å²) in [4.78, 5) is 13.7. The van der Waals surface area contributed by atoms with Gasteiger partial charge in [-0.2, -0.15) is 13.2 Å². The highest BCUT2D eigenvalue weighted by molar-refractivity contribution is 5.27. The first-order valence-corrected chi connectivity index (χ1v) is 7.59. The van der Waals surface area contributed by atoms with E-state index in [0.29, 0.717) is 19.6 Å². The first-order chi connectivity index (χ1) is 11.3. The van der Waals surface area contributed by atoms with Gasteiger partial charge in [-0.1, -0.05) is 12.1 Å². The van der Waals surface area contributed by atoms with Crippen LogP contribution in [0.3, 0.4) is 0 Å². The predicted octanol–water partition coefficient (Wildman–Crippen LogP) is 3.15. The summed E-state index contributed by atoms with van der Waals surface area (Å²) in [6, 6.07) is 6.49. The third-order valence-electron chi connectivity index (χ3n) is 4.46. The van der Waals surface area contributed by atoms with Crippen LogP contribution in [0.4, 0.5) is 13.2 Å². The molecule has 2 heterocycles. The van der Waals surface area contributed by atoms with Crippen LogP contribution >= 0.6 is 0 Å². The van der Waals surface area contributed by atoms with Gasteiger partial charge < -0.3 is 9.67 Å². The molecule has 0 saturated carbocycles. The maximum atomic E-state index is 12.6. The first kappa shape index (κ1) is 16.6. The van der Waals surface area contributed by atoms with E-state index >= 15 is 0 Å². The van der Waals surface area contributed by atoms with Gasteiger partial charge in [-0.3, -0.25) is 9.69 Å². The molecule has 0 amide bonds. The van der Waals surface area contributed by atoms with Crippen molar-refractivity contribution in [1.29, 1.82) is 0 Å². The molecule has 7 heteroatoms. The molecule has 0 radical (unpaired) electrons. The largest absolute Gasteiger partial charge is 0.503 e. The summed E-state index contributed by atoms with van der Waals surface area (Å²) in [5.41, 5.74) is 0.482. The molecule has 1 aliphatic rings. The number of hydrogen-bond acceptors (Lipinski definition) is 3. The highest BCUT2D eigenvalue weighted by atomic mass is 19.4. The van der Waals surface area contributed by atoms with Crippen LogP contribution in [0.2, 0.25) is 0 Å². The van der Waals surface area contributed by atoms with Crippen molar-refractivity contribution in [3.8, 4) is 5.75 Å². The van der Waals surface area contributed by atoms with Crippen molar-refractivity contribution in [2.24, 2.45) is 0 Å². The maximum Gasteiger partial charge on any atom is 0.416 e. The Balaban J connectivity index is 1.80. The van der Waals surface area contributed by atoms with E-state index < -0.39 is 17.2 Å². The van der Waals surface area contributed by atoms with Crippen molar-refractivity contribution in [3.05, 3.63) is 63.6 Å². The summed E-state index contributed by atoms with van der Waals surface area (Å²) >= 11 is 0. The number of aromatic nitrogens is 1. The molecule has 1 aromatic heterocycles. The molecular formula is C17H17F3N2O2. The Morgan fingerprint density at radius 3 is 2.46 bits per heavy atom. The minimum Gasteiger partial charge on any atom is -0.503 e. The van der Waals surface area contributed by atoms with Crippen LogP contribution in [0.15, 0.2) is 41.3 Å². The van der Waals surface area contributed by atoms with E-state index in [0.717, 1.165) is 23.4 Å². The Labute approximate surface area is 136 Å². The van der Waals surface area contributed by atoms with E-state index in [9.17, 15) is 23.1 Å². The molecular weight excluding hydrogens is 321 g/mol. The molecule has 4 nitrogen and oxygen atoms in total. The van der Waals surface area contributed by atoms with Gasteiger partial charge in [-0.15, -0.1) is 0 Å². The van der Waals surface area contributed by atoms with Crippen molar-refractivity contribution >= 4 is 0 Å². The highest BCUT2D eigenvalue weighted by Gasteiger charge is 2.30. The number of alkyl halides is 3. The average Bonchev–Trinajstić information content (AvgIpc) is 2.54.